The van der Waals surface area contributed by atoms with Crippen LogP contribution in [0.1, 0.15) is 110 Å². The number of rotatable bonds is 16. The van der Waals surface area contributed by atoms with Gasteiger partial charge in [0.05, 0.1) is 7.11 Å². The molecule has 162 valence electrons. The first-order valence-electron chi connectivity index (χ1n) is 11.7. The Kier molecular flexibility index (Phi) is 14.0. The highest BCUT2D eigenvalue weighted by Gasteiger charge is 2.09. The predicted octanol–water partition coefficient (Wildman–Crippen LogP) is 9.27. The molecule has 0 amide bonds. The van der Waals surface area contributed by atoms with Crippen molar-refractivity contribution in [2.75, 3.05) is 7.11 Å². The predicted molar refractivity (Wildman–Crippen MR) is 127 cm³/mol. The summed E-state index contributed by atoms with van der Waals surface area (Å²) in [4.78, 5) is 1.18. The Balaban J connectivity index is 2.08. The molecule has 3 atom stereocenters. The van der Waals surface area contributed by atoms with E-state index in [1.165, 1.54) is 86.7 Å². The van der Waals surface area contributed by atoms with Crippen LogP contribution in [0.2, 0.25) is 0 Å². The van der Waals surface area contributed by atoms with Gasteiger partial charge in [0.25, 0.3) is 0 Å². The zero-order valence-corrected chi connectivity index (χ0v) is 20.3. The average molecular weight is 407 g/mol. The van der Waals surface area contributed by atoms with E-state index in [0.717, 1.165) is 17.8 Å². The van der Waals surface area contributed by atoms with Crippen molar-refractivity contribution in [3.63, 3.8) is 0 Å². The van der Waals surface area contributed by atoms with Crippen LogP contribution in [-0.2, 0) is 4.18 Å². The SMILES string of the molecule is COSc1ccc(C(C)CCCCC(C)CCCC(C)CCCC(C)C)cc1. The number of hydrogen-bond donors (Lipinski definition) is 0. The van der Waals surface area contributed by atoms with E-state index < -0.39 is 0 Å². The molecule has 0 bridgehead atoms. The minimum atomic E-state index is 0.656. The van der Waals surface area contributed by atoms with Gasteiger partial charge in [-0.25, -0.2) is 0 Å². The molecule has 0 saturated heterocycles. The van der Waals surface area contributed by atoms with Crippen LogP contribution in [0, 0.1) is 17.8 Å². The molecule has 0 aliphatic heterocycles. The summed E-state index contributed by atoms with van der Waals surface area (Å²) < 4.78 is 5.11. The molecule has 0 N–H and O–H groups in total. The van der Waals surface area contributed by atoms with Crippen molar-refractivity contribution >= 4 is 12.0 Å². The van der Waals surface area contributed by atoms with Gasteiger partial charge in [0.15, 0.2) is 0 Å². The van der Waals surface area contributed by atoms with E-state index in [4.69, 9.17) is 4.18 Å². The van der Waals surface area contributed by atoms with Gasteiger partial charge in [-0.05, 0) is 47.8 Å². The molecule has 0 saturated carbocycles. The molecule has 1 aromatic rings. The van der Waals surface area contributed by atoms with Crippen molar-refractivity contribution in [1.82, 2.24) is 0 Å². The second-order valence-corrected chi connectivity index (χ2v) is 10.4. The molecular formula is C26H46OS. The van der Waals surface area contributed by atoms with Crippen LogP contribution in [0.3, 0.4) is 0 Å². The Morgan fingerprint density at radius 2 is 1.18 bits per heavy atom. The summed E-state index contributed by atoms with van der Waals surface area (Å²) in [5, 5.41) is 0. The highest BCUT2D eigenvalue weighted by atomic mass is 32.2. The number of hydrogen-bond acceptors (Lipinski definition) is 2. The van der Waals surface area contributed by atoms with Crippen molar-refractivity contribution in [3.8, 4) is 0 Å². The highest BCUT2D eigenvalue weighted by molar-refractivity contribution is 7.94. The van der Waals surface area contributed by atoms with Crippen molar-refractivity contribution in [3.05, 3.63) is 29.8 Å². The molecule has 0 spiro atoms. The molecule has 3 unspecified atom stereocenters. The maximum Gasteiger partial charge on any atom is 0.0508 e. The maximum absolute atomic E-state index is 5.11. The van der Waals surface area contributed by atoms with Gasteiger partial charge in [-0.3, -0.25) is 0 Å². The summed E-state index contributed by atoms with van der Waals surface area (Å²) in [6, 6.07) is 8.87. The van der Waals surface area contributed by atoms with Crippen LogP contribution in [0.15, 0.2) is 29.2 Å². The zero-order valence-electron chi connectivity index (χ0n) is 19.5. The quantitative estimate of drug-likeness (QED) is 0.200. The van der Waals surface area contributed by atoms with Gasteiger partial charge in [0, 0.05) is 16.9 Å². The Labute approximate surface area is 180 Å². The third kappa shape index (κ3) is 12.2. The first kappa shape index (κ1) is 25.6. The van der Waals surface area contributed by atoms with Gasteiger partial charge in [-0.1, -0.05) is 105 Å². The van der Waals surface area contributed by atoms with Gasteiger partial charge in [-0.2, -0.15) is 0 Å². The van der Waals surface area contributed by atoms with Crippen LogP contribution < -0.4 is 0 Å². The van der Waals surface area contributed by atoms with Crippen LogP contribution in [0.5, 0.6) is 0 Å². The largest absolute Gasteiger partial charge is 0.314 e. The lowest BCUT2D eigenvalue weighted by Crippen LogP contribution is -2.00. The standard InChI is InChI=1S/C26H46OS/c1-21(2)11-9-13-23(4)15-10-14-22(3)12-7-8-16-24(5)25-17-19-26(20-18-25)28-27-6/h17-24H,7-16H2,1-6H3. The van der Waals surface area contributed by atoms with Crippen LogP contribution >= 0.6 is 12.0 Å². The fourth-order valence-corrected chi connectivity index (χ4v) is 4.48. The van der Waals surface area contributed by atoms with E-state index >= 15 is 0 Å². The summed E-state index contributed by atoms with van der Waals surface area (Å²) in [5.41, 5.74) is 1.46. The molecule has 2 heteroatoms. The van der Waals surface area contributed by atoms with Crippen LogP contribution in [0.25, 0.3) is 0 Å². The van der Waals surface area contributed by atoms with E-state index in [1.807, 2.05) is 0 Å². The van der Waals surface area contributed by atoms with Crippen LogP contribution in [-0.4, -0.2) is 7.11 Å². The minimum Gasteiger partial charge on any atom is -0.314 e. The summed E-state index contributed by atoms with van der Waals surface area (Å²) >= 11 is 1.43. The third-order valence-corrected chi connectivity index (χ3v) is 6.72. The molecule has 0 radical (unpaired) electrons. The van der Waals surface area contributed by atoms with Gasteiger partial charge in [0.2, 0.25) is 0 Å². The molecule has 1 rings (SSSR count). The Hall–Kier alpha value is -0.470. The van der Waals surface area contributed by atoms with Crippen LogP contribution in [0.4, 0.5) is 0 Å². The third-order valence-electron chi connectivity index (χ3n) is 6.08. The Morgan fingerprint density at radius 3 is 1.71 bits per heavy atom. The molecule has 0 aliphatic rings. The van der Waals surface area contributed by atoms with Gasteiger partial charge in [-0.15, -0.1) is 0 Å². The Bertz CT molecular complexity index is 482. The van der Waals surface area contributed by atoms with E-state index in [2.05, 4.69) is 58.9 Å². The summed E-state index contributed by atoms with van der Waals surface area (Å²) in [7, 11) is 1.72. The summed E-state index contributed by atoms with van der Waals surface area (Å²) in [5.74, 6) is 3.33. The monoisotopic (exact) mass is 406 g/mol. The zero-order chi connectivity index (χ0) is 20.8. The minimum absolute atomic E-state index is 0.656. The summed E-state index contributed by atoms with van der Waals surface area (Å²) in [6.45, 7) is 11.9. The number of benzene rings is 1. The lowest BCUT2D eigenvalue weighted by molar-refractivity contribution is 0.385. The van der Waals surface area contributed by atoms with Crippen molar-refractivity contribution in [2.24, 2.45) is 17.8 Å². The second-order valence-electron chi connectivity index (χ2n) is 9.47. The molecule has 0 fully saturated rings. The smallest absolute Gasteiger partial charge is 0.0508 e. The van der Waals surface area contributed by atoms with Gasteiger partial charge < -0.3 is 4.18 Å². The number of unbranched alkanes of at least 4 members (excludes halogenated alkanes) is 1. The topological polar surface area (TPSA) is 9.23 Å². The maximum atomic E-state index is 5.11. The first-order chi connectivity index (χ1) is 13.4. The van der Waals surface area contributed by atoms with E-state index in [1.54, 1.807) is 7.11 Å². The van der Waals surface area contributed by atoms with Crippen molar-refractivity contribution in [1.29, 1.82) is 0 Å². The molecule has 1 aromatic carbocycles. The van der Waals surface area contributed by atoms with E-state index in [9.17, 15) is 0 Å². The lowest BCUT2D eigenvalue weighted by atomic mass is 9.90. The highest BCUT2D eigenvalue weighted by Crippen LogP contribution is 2.26. The average Bonchev–Trinajstić information content (AvgIpc) is 2.65. The fraction of sp³-hybridized carbons (Fsp3) is 0.769. The molecular weight excluding hydrogens is 360 g/mol. The van der Waals surface area contributed by atoms with E-state index in [-0.39, 0.29) is 0 Å². The van der Waals surface area contributed by atoms with Crippen molar-refractivity contribution < 1.29 is 4.18 Å². The Morgan fingerprint density at radius 1 is 0.679 bits per heavy atom. The van der Waals surface area contributed by atoms with Crippen molar-refractivity contribution in [2.45, 2.75) is 110 Å². The van der Waals surface area contributed by atoms with Gasteiger partial charge >= 0.3 is 0 Å². The summed E-state index contributed by atoms with van der Waals surface area (Å²) in [6.07, 6.45) is 13.9. The van der Waals surface area contributed by atoms with E-state index in [0.29, 0.717) is 5.92 Å². The molecule has 28 heavy (non-hydrogen) atoms. The lowest BCUT2D eigenvalue weighted by Gasteiger charge is -2.16. The molecule has 1 nitrogen and oxygen atoms in total. The fourth-order valence-electron chi connectivity index (χ4n) is 4.04. The van der Waals surface area contributed by atoms with Gasteiger partial charge in [0.1, 0.15) is 0 Å². The first-order valence-corrected chi connectivity index (χ1v) is 12.5. The molecule has 0 heterocycles. The molecule has 0 aromatic heterocycles. The second kappa shape index (κ2) is 15.4. The normalized spacial score (nSPS) is 15.0. The molecule has 0 aliphatic carbocycles.